The first-order valence-electron chi connectivity index (χ1n) is 14.7. The van der Waals surface area contributed by atoms with Gasteiger partial charge in [-0.05, 0) is 121 Å². The van der Waals surface area contributed by atoms with E-state index in [2.05, 4.69) is 16.0 Å². The number of ether oxygens (including phenoxy) is 1. The Morgan fingerprint density at radius 1 is 1.03 bits per heavy atom. The molecule has 3 heterocycles. The van der Waals surface area contributed by atoms with Gasteiger partial charge in [0.25, 0.3) is 5.91 Å². The molecule has 0 aromatic heterocycles. The van der Waals surface area contributed by atoms with Crippen LogP contribution in [0.25, 0.3) is 0 Å². The summed E-state index contributed by atoms with van der Waals surface area (Å²) in [5.74, 6) is 1.91. The number of benzene rings is 1. The van der Waals surface area contributed by atoms with E-state index in [0.717, 1.165) is 86.5 Å². The molecule has 0 spiro atoms. The second kappa shape index (κ2) is 14.2. The van der Waals surface area contributed by atoms with Crippen molar-refractivity contribution in [1.29, 1.82) is 0 Å². The monoisotopic (exact) mass is 550 g/mol. The van der Waals surface area contributed by atoms with Gasteiger partial charge >= 0.3 is 0 Å². The van der Waals surface area contributed by atoms with Crippen molar-refractivity contribution in [3.8, 4) is 11.5 Å². The summed E-state index contributed by atoms with van der Waals surface area (Å²) >= 11 is 0. The van der Waals surface area contributed by atoms with Crippen LogP contribution in [0.4, 0.5) is 0 Å². The summed E-state index contributed by atoms with van der Waals surface area (Å²) in [4.78, 5) is 15.6. The lowest BCUT2D eigenvalue weighted by molar-refractivity contribution is -0.149. The number of nitrogens with one attached hydrogen (secondary N) is 3. The number of hydrogen-bond donors (Lipinski definition) is 4. The zero-order valence-electron chi connectivity index (χ0n) is 24.1. The van der Waals surface area contributed by atoms with Crippen LogP contribution < -0.4 is 20.7 Å². The van der Waals surface area contributed by atoms with Gasteiger partial charge in [0, 0.05) is 37.7 Å². The molecule has 2 saturated heterocycles. The predicted molar refractivity (Wildman–Crippen MR) is 157 cm³/mol. The van der Waals surface area contributed by atoms with Gasteiger partial charge in [0.05, 0.1) is 0 Å². The second-order valence-electron chi connectivity index (χ2n) is 11.9. The number of nitrogens with zero attached hydrogens (tertiary/aromatic N) is 1. The zero-order chi connectivity index (χ0) is 26.4. The molecule has 2 atom stereocenters. The van der Waals surface area contributed by atoms with Crippen LogP contribution in [0.5, 0.6) is 11.5 Å². The lowest BCUT2D eigenvalue weighted by atomic mass is 9.86. The number of likely N-dealkylation sites (tertiary alicyclic amines) is 1. The molecule has 3 aliphatic rings. The number of carbonyl (C=O) groups is 1. The lowest BCUT2D eigenvalue weighted by Gasteiger charge is -2.41. The molecule has 0 radical (unpaired) electrons. The van der Waals surface area contributed by atoms with Gasteiger partial charge in [0.1, 0.15) is 11.5 Å². The van der Waals surface area contributed by atoms with E-state index in [0.29, 0.717) is 24.1 Å². The fourth-order valence-corrected chi connectivity index (χ4v) is 6.25. The zero-order valence-corrected chi connectivity index (χ0v) is 24.9. The molecule has 7 nitrogen and oxygen atoms in total. The third-order valence-electron chi connectivity index (χ3n) is 9.07. The summed E-state index contributed by atoms with van der Waals surface area (Å²) < 4.78 is 6.44. The van der Waals surface area contributed by atoms with Gasteiger partial charge in [-0.15, -0.1) is 12.4 Å². The molecule has 2 unspecified atom stereocenters. The summed E-state index contributed by atoms with van der Waals surface area (Å²) in [5, 5.41) is 21.3. The van der Waals surface area contributed by atoms with Crippen molar-refractivity contribution in [2.45, 2.75) is 97.1 Å². The van der Waals surface area contributed by atoms with Gasteiger partial charge in [-0.3, -0.25) is 4.79 Å². The molecular weight excluding hydrogens is 500 g/mol. The van der Waals surface area contributed by atoms with Crippen molar-refractivity contribution in [3.05, 3.63) is 22.3 Å². The van der Waals surface area contributed by atoms with Gasteiger partial charge in [0.15, 0.2) is 5.60 Å². The Hall–Kier alpha value is -1.54. The Bertz CT molecular complexity index is 929. The number of fused-ring (bicyclic) bond motifs is 1. The molecule has 0 aliphatic carbocycles. The smallest absolute Gasteiger partial charge is 0.266 e. The SMILES string of the molecule is Cc1c(C)c2c(c(C)c1O)CCC(C)(C(=O)N1CCC(CNCCCCNCC3CCCCN3)CC1)O2.Cl. The average Bonchev–Trinajstić information content (AvgIpc) is 2.92. The number of unbranched alkanes of at least 4 members (excludes halogenated alkanes) is 1. The topological polar surface area (TPSA) is 85.9 Å². The highest BCUT2D eigenvalue weighted by Crippen LogP contribution is 2.43. The molecule has 4 N–H and O–H groups in total. The summed E-state index contributed by atoms with van der Waals surface area (Å²) in [7, 11) is 0. The Balaban J connectivity index is 0.00000400. The molecule has 4 rings (SSSR count). The second-order valence-corrected chi connectivity index (χ2v) is 11.9. The van der Waals surface area contributed by atoms with E-state index in [-0.39, 0.29) is 18.3 Å². The van der Waals surface area contributed by atoms with Crippen molar-refractivity contribution >= 4 is 18.3 Å². The molecule has 3 aliphatic heterocycles. The highest BCUT2D eigenvalue weighted by atomic mass is 35.5. The molecule has 0 saturated carbocycles. The minimum atomic E-state index is -0.834. The Kier molecular flexibility index (Phi) is 11.6. The Morgan fingerprint density at radius 3 is 2.37 bits per heavy atom. The third kappa shape index (κ3) is 7.35. The highest BCUT2D eigenvalue weighted by molar-refractivity contribution is 5.86. The number of aromatic hydroxyl groups is 1. The third-order valence-corrected chi connectivity index (χ3v) is 9.07. The maximum atomic E-state index is 13.6. The van der Waals surface area contributed by atoms with Crippen molar-refractivity contribution in [3.63, 3.8) is 0 Å². The summed E-state index contributed by atoms with van der Waals surface area (Å²) in [5.41, 5.74) is 2.88. The minimum Gasteiger partial charge on any atom is -0.507 e. The minimum absolute atomic E-state index is 0. The van der Waals surface area contributed by atoms with Crippen molar-refractivity contribution in [2.24, 2.45) is 5.92 Å². The van der Waals surface area contributed by atoms with E-state index in [1.54, 1.807) is 0 Å². The summed E-state index contributed by atoms with van der Waals surface area (Å²) in [6.45, 7) is 14.9. The number of amides is 1. The Morgan fingerprint density at radius 2 is 1.71 bits per heavy atom. The molecule has 0 bridgehead atoms. The number of phenolic OH excluding ortho intramolecular Hbond substituents is 1. The number of rotatable bonds is 10. The van der Waals surface area contributed by atoms with Crippen LogP contribution >= 0.6 is 12.4 Å². The number of carbonyl (C=O) groups excluding carboxylic acids is 1. The van der Waals surface area contributed by atoms with E-state index in [4.69, 9.17) is 4.74 Å². The van der Waals surface area contributed by atoms with Gasteiger partial charge in [0.2, 0.25) is 0 Å². The van der Waals surface area contributed by atoms with Gasteiger partial charge < -0.3 is 30.7 Å². The average molecular weight is 551 g/mol. The van der Waals surface area contributed by atoms with Crippen molar-refractivity contribution in [2.75, 3.05) is 45.8 Å². The molecule has 2 fully saturated rings. The molecule has 8 heteroatoms. The van der Waals surface area contributed by atoms with E-state index in [1.807, 2.05) is 32.6 Å². The molecule has 1 aromatic rings. The quantitative estimate of drug-likeness (QED) is 0.327. The first-order chi connectivity index (χ1) is 17.8. The van der Waals surface area contributed by atoms with Crippen LogP contribution in [-0.4, -0.2) is 73.4 Å². The van der Waals surface area contributed by atoms with E-state index >= 15 is 0 Å². The van der Waals surface area contributed by atoms with E-state index in [9.17, 15) is 9.90 Å². The van der Waals surface area contributed by atoms with Gasteiger partial charge in [-0.25, -0.2) is 0 Å². The van der Waals surface area contributed by atoms with E-state index < -0.39 is 5.60 Å². The first kappa shape index (κ1) is 31.0. The molecule has 1 aromatic carbocycles. The van der Waals surface area contributed by atoms with Gasteiger partial charge in [-0.1, -0.05) is 6.42 Å². The largest absolute Gasteiger partial charge is 0.507 e. The van der Waals surface area contributed by atoms with Gasteiger partial charge in [-0.2, -0.15) is 0 Å². The van der Waals surface area contributed by atoms with Crippen LogP contribution in [0.3, 0.4) is 0 Å². The number of hydrogen-bond acceptors (Lipinski definition) is 6. The van der Waals surface area contributed by atoms with Crippen molar-refractivity contribution in [1.82, 2.24) is 20.9 Å². The van der Waals surface area contributed by atoms with Crippen LogP contribution in [0.15, 0.2) is 0 Å². The fourth-order valence-electron chi connectivity index (χ4n) is 6.25. The van der Waals surface area contributed by atoms with Crippen molar-refractivity contribution < 1.29 is 14.6 Å². The molecule has 38 heavy (non-hydrogen) atoms. The fraction of sp³-hybridized carbons (Fsp3) is 0.767. The van der Waals surface area contributed by atoms with Crippen LogP contribution in [0.1, 0.15) is 80.5 Å². The van der Waals surface area contributed by atoms with Crippen LogP contribution in [-0.2, 0) is 11.2 Å². The Labute approximate surface area is 236 Å². The maximum absolute atomic E-state index is 13.6. The van der Waals surface area contributed by atoms with Crippen LogP contribution in [0.2, 0.25) is 0 Å². The number of phenols is 1. The van der Waals surface area contributed by atoms with E-state index in [1.165, 1.54) is 38.6 Å². The predicted octanol–water partition coefficient (Wildman–Crippen LogP) is 4.16. The lowest BCUT2D eigenvalue weighted by Crippen LogP contribution is -2.54. The highest BCUT2D eigenvalue weighted by Gasteiger charge is 2.43. The number of piperidine rings is 2. The summed E-state index contributed by atoms with van der Waals surface area (Å²) in [6, 6.07) is 0.666. The normalized spacial score (nSPS) is 23.9. The first-order valence-corrected chi connectivity index (χ1v) is 14.7. The number of halogens is 1. The standard InChI is InChI=1S/C30H50N4O3.ClH/c1-21-22(2)28-26(23(3)27(21)35)10-13-30(4,37-28)29(36)34-17-11-24(12-18-34)19-31-14-7-8-15-32-20-25-9-5-6-16-33-25;/h24-25,31-33,35H,5-20H2,1-4H3;1H. The molecule has 1 amide bonds. The summed E-state index contributed by atoms with van der Waals surface area (Å²) in [6.07, 6.45) is 9.92. The maximum Gasteiger partial charge on any atom is 0.266 e. The molecular formula is C30H51ClN4O3. The molecule has 216 valence electrons. The van der Waals surface area contributed by atoms with Crippen LogP contribution in [0, 0.1) is 26.7 Å².